The predicted molar refractivity (Wildman–Crippen MR) is 80.5 cm³/mol. The molecule has 0 heterocycles. The molecule has 0 saturated heterocycles. The van der Waals surface area contributed by atoms with Crippen LogP contribution < -0.4 is 10.5 Å². The Balaban J connectivity index is 2.07. The lowest BCUT2D eigenvalue weighted by Crippen LogP contribution is -2.25. The first-order valence-corrected chi connectivity index (χ1v) is 7.40. The molecule has 1 aromatic carbocycles. The molecule has 3 heteroatoms. The maximum absolute atomic E-state index is 10.5. The Morgan fingerprint density at radius 2 is 1.95 bits per heavy atom. The number of nitrogens with two attached hydrogens (primary N) is 1. The smallest absolute Gasteiger partial charge is 0.125 e. The van der Waals surface area contributed by atoms with E-state index in [4.69, 9.17) is 10.5 Å². The molecule has 3 nitrogen and oxygen atoms in total. The van der Waals surface area contributed by atoms with Crippen LogP contribution in [0.15, 0.2) is 24.3 Å². The quantitative estimate of drug-likeness (QED) is 0.657. The van der Waals surface area contributed by atoms with Crippen LogP contribution in [0, 0.1) is 11.8 Å². The van der Waals surface area contributed by atoms with Crippen LogP contribution in [-0.2, 0) is 0 Å². The van der Waals surface area contributed by atoms with Crippen molar-refractivity contribution in [2.75, 3.05) is 13.2 Å². The number of ether oxygens (including phenoxy) is 1. The average Bonchev–Trinajstić information content (AvgIpc) is 2.69. The third kappa shape index (κ3) is 4.56. The van der Waals surface area contributed by atoms with E-state index in [9.17, 15) is 5.11 Å². The third-order valence-electron chi connectivity index (χ3n) is 3.59. The van der Waals surface area contributed by atoms with Gasteiger partial charge in [0.25, 0.3) is 0 Å². The lowest BCUT2D eigenvalue weighted by Gasteiger charge is -2.19. The molecule has 0 amide bonds. The molecule has 0 aliphatic heterocycles. The van der Waals surface area contributed by atoms with Crippen molar-refractivity contribution in [1.29, 1.82) is 0 Å². The fourth-order valence-electron chi connectivity index (χ4n) is 2.47. The Hall–Kier alpha value is -1.50. The van der Waals surface area contributed by atoms with Crippen LogP contribution in [-0.4, -0.2) is 23.9 Å². The van der Waals surface area contributed by atoms with Gasteiger partial charge in [0.05, 0.1) is 0 Å². The molecule has 1 aliphatic carbocycles. The Morgan fingerprint density at radius 1 is 1.20 bits per heavy atom. The molecule has 108 valence electrons. The summed E-state index contributed by atoms with van der Waals surface area (Å²) in [5, 5.41) is 10.5. The van der Waals surface area contributed by atoms with E-state index in [1.54, 1.807) is 0 Å². The zero-order valence-corrected chi connectivity index (χ0v) is 11.9. The maximum Gasteiger partial charge on any atom is 0.125 e. The summed E-state index contributed by atoms with van der Waals surface area (Å²) in [5.74, 6) is 6.92. The van der Waals surface area contributed by atoms with Crippen molar-refractivity contribution in [3.63, 3.8) is 0 Å². The van der Waals surface area contributed by atoms with Gasteiger partial charge in [-0.1, -0.05) is 30.7 Å². The summed E-state index contributed by atoms with van der Waals surface area (Å²) in [4.78, 5) is 0. The van der Waals surface area contributed by atoms with E-state index < -0.39 is 5.60 Å². The number of benzene rings is 1. The zero-order valence-electron chi connectivity index (χ0n) is 11.9. The molecule has 1 aromatic rings. The summed E-state index contributed by atoms with van der Waals surface area (Å²) in [7, 11) is 0. The van der Waals surface area contributed by atoms with Crippen LogP contribution >= 0.6 is 0 Å². The van der Waals surface area contributed by atoms with E-state index in [0.29, 0.717) is 13.2 Å². The highest BCUT2D eigenvalue weighted by molar-refractivity contribution is 5.41. The molecule has 0 aromatic heterocycles. The minimum Gasteiger partial charge on any atom is -0.492 e. The van der Waals surface area contributed by atoms with Crippen molar-refractivity contribution in [1.82, 2.24) is 0 Å². The summed E-state index contributed by atoms with van der Waals surface area (Å²) in [6, 6.07) is 7.62. The van der Waals surface area contributed by atoms with Gasteiger partial charge in [0.2, 0.25) is 0 Å². The second-order valence-corrected chi connectivity index (χ2v) is 5.36. The van der Waals surface area contributed by atoms with E-state index in [2.05, 4.69) is 11.8 Å². The number of hydrogen-bond acceptors (Lipinski definition) is 3. The van der Waals surface area contributed by atoms with Crippen molar-refractivity contribution in [3.8, 4) is 17.6 Å². The van der Waals surface area contributed by atoms with E-state index in [1.807, 2.05) is 24.3 Å². The van der Waals surface area contributed by atoms with Gasteiger partial charge >= 0.3 is 0 Å². The fraction of sp³-hybridized carbons (Fsp3) is 0.529. The molecule has 1 fully saturated rings. The van der Waals surface area contributed by atoms with Crippen molar-refractivity contribution < 1.29 is 9.84 Å². The van der Waals surface area contributed by atoms with Gasteiger partial charge in [-0.2, -0.15) is 0 Å². The average molecular weight is 273 g/mol. The fourth-order valence-corrected chi connectivity index (χ4v) is 2.47. The van der Waals surface area contributed by atoms with Gasteiger partial charge in [-0.25, -0.2) is 0 Å². The second-order valence-electron chi connectivity index (χ2n) is 5.36. The predicted octanol–water partition coefficient (Wildman–Crippen LogP) is 2.46. The minimum absolute atomic E-state index is 0.496. The first kappa shape index (κ1) is 14.9. The van der Waals surface area contributed by atoms with E-state index in [1.165, 1.54) is 12.8 Å². The topological polar surface area (TPSA) is 55.5 Å². The van der Waals surface area contributed by atoms with Crippen molar-refractivity contribution >= 4 is 0 Å². The summed E-state index contributed by atoms with van der Waals surface area (Å²) in [6.07, 6.45) is 6.08. The Morgan fingerprint density at radius 3 is 2.65 bits per heavy atom. The Labute approximate surface area is 121 Å². The molecule has 1 saturated carbocycles. The molecule has 0 radical (unpaired) electrons. The molecule has 3 N–H and O–H groups in total. The standard InChI is InChI=1S/C17H23NO2/c18-12-13-20-16-7-5-6-15(14-16)8-11-17(19)9-3-1-2-4-10-17/h5-7,14,19H,1-4,9-10,12-13,18H2. The van der Waals surface area contributed by atoms with E-state index >= 15 is 0 Å². The van der Waals surface area contributed by atoms with E-state index in [-0.39, 0.29) is 0 Å². The van der Waals surface area contributed by atoms with Gasteiger partial charge in [-0.05, 0) is 43.9 Å². The highest BCUT2D eigenvalue weighted by Crippen LogP contribution is 2.26. The molecular formula is C17H23NO2. The summed E-state index contributed by atoms with van der Waals surface area (Å²) in [6.45, 7) is 0.997. The van der Waals surface area contributed by atoms with Crippen molar-refractivity contribution in [2.45, 2.75) is 44.1 Å². The van der Waals surface area contributed by atoms with Crippen LogP contribution in [0.4, 0.5) is 0 Å². The van der Waals surface area contributed by atoms with Crippen LogP contribution in [0.5, 0.6) is 5.75 Å². The summed E-state index contributed by atoms with van der Waals surface area (Å²) < 4.78 is 5.48. The van der Waals surface area contributed by atoms with Crippen LogP contribution in [0.25, 0.3) is 0 Å². The zero-order chi connectivity index (χ0) is 14.3. The second kappa shape index (κ2) is 7.33. The minimum atomic E-state index is -0.815. The molecule has 2 rings (SSSR count). The molecule has 0 unspecified atom stereocenters. The van der Waals surface area contributed by atoms with Crippen LogP contribution in [0.3, 0.4) is 0 Å². The van der Waals surface area contributed by atoms with Crippen molar-refractivity contribution in [2.24, 2.45) is 5.73 Å². The van der Waals surface area contributed by atoms with Gasteiger partial charge in [0, 0.05) is 12.1 Å². The molecule has 0 bridgehead atoms. The van der Waals surface area contributed by atoms with Gasteiger partial charge in [-0.15, -0.1) is 0 Å². The SMILES string of the molecule is NCCOc1cccc(C#CC2(O)CCCCCC2)c1. The van der Waals surface area contributed by atoms with Crippen LogP contribution in [0.2, 0.25) is 0 Å². The molecule has 0 spiro atoms. The first-order valence-electron chi connectivity index (χ1n) is 7.40. The first-order chi connectivity index (χ1) is 9.72. The third-order valence-corrected chi connectivity index (χ3v) is 3.59. The summed E-state index contributed by atoms with van der Waals surface area (Å²) >= 11 is 0. The monoisotopic (exact) mass is 273 g/mol. The molecule has 1 aliphatic rings. The number of rotatable bonds is 3. The Bertz CT molecular complexity index is 479. The highest BCUT2D eigenvalue weighted by atomic mass is 16.5. The highest BCUT2D eigenvalue weighted by Gasteiger charge is 2.25. The normalized spacial score (nSPS) is 17.7. The number of aliphatic hydroxyl groups is 1. The molecule has 20 heavy (non-hydrogen) atoms. The molecular weight excluding hydrogens is 250 g/mol. The van der Waals surface area contributed by atoms with Crippen LogP contribution in [0.1, 0.15) is 44.1 Å². The summed E-state index contributed by atoms with van der Waals surface area (Å²) in [5.41, 5.74) is 5.47. The Kier molecular flexibility index (Phi) is 5.46. The molecule has 0 atom stereocenters. The van der Waals surface area contributed by atoms with E-state index in [0.717, 1.165) is 37.0 Å². The lowest BCUT2D eigenvalue weighted by atomic mass is 9.95. The van der Waals surface area contributed by atoms with Gasteiger partial charge < -0.3 is 15.6 Å². The largest absolute Gasteiger partial charge is 0.492 e. The maximum atomic E-state index is 10.5. The van der Waals surface area contributed by atoms with Gasteiger partial charge in [0.15, 0.2) is 0 Å². The number of hydrogen-bond donors (Lipinski definition) is 2. The lowest BCUT2D eigenvalue weighted by molar-refractivity contribution is 0.0849. The van der Waals surface area contributed by atoms with Gasteiger partial charge in [0.1, 0.15) is 18.0 Å². The van der Waals surface area contributed by atoms with Crippen molar-refractivity contribution in [3.05, 3.63) is 29.8 Å². The van der Waals surface area contributed by atoms with Gasteiger partial charge in [-0.3, -0.25) is 0 Å².